The van der Waals surface area contributed by atoms with Gasteiger partial charge in [0, 0.05) is 6.04 Å². The molecule has 0 rings (SSSR count). The molecule has 0 aliphatic rings. The van der Waals surface area contributed by atoms with Gasteiger partial charge in [-0.25, -0.2) is 0 Å². The Morgan fingerprint density at radius 2 is 1.73 bits per heavy atom. The molecule has 0 aliphatic carbocycles. The molecule has 0 aromatic carbocycles. The fourth-order valence-electron chi connectivity index (χ4n) is 1.45. The lowest BCUT2D eigenvalue weighted by molar-refractivity contribution is 0.364. The average Bonchev–Trinajstić information content (AvgIpc) is 1.86. The van der Waals surface area contributed by atoms with Gasteiger partial charge in [-0.3, -0.25) is 0 Å². The van der Waals surface area contributed by atoms with Crippen molar-refractivity contribution in [1.29, 1.82) is 0 Å². The van der Waals surface area contributed by atoms with E-state index < -0.39 is 0 Å². The zero-order valence-corrected chi connectivity index (χ0v) is 8.43. The van der Waals surface area contributed by atoms with E-state index in [1.165, 1.54) is 19.3 Å². The summed E-state index contributed by atoms with van der Waals surface area (Å²) in [4.78, 5) is 0. The van der Waals surface area contributed by atoms with Crippen LogP contribution in [0.2, 0.25) is 0 Å². The van der Waals surface area contributed by atoms with Crippen molar-refractivity contribution in [2.45, 2.75) is 53.0 Å². The molecule has 0 radical (unpaired) electrons. The van der Waals surface area contributed by atoms with Gasteiger partial charge in [-0.1, -0.05) is 34.1 Å². The Kier molecular flexibility index (Phi) is 5.57. The SMILES string of the molecule is CCCC(C)C(N)CC(C)C. The largest absolute Gasteiger partial charge is 0.327 e. The second kappa shape index (κ2) is 5.59. The van der Waals surface area contributed by atoms with E-state index in [-0.39, 0.29) is 0 Å². The molecule has 1 heteroatoms. The first-order valence-electron chi connectivity index (χ1n) is 4.83. The molecule has 0 amide bonds. The first-order valence-corrected chi connectivity index (χ1v) is 4.83. The maximum absolute atomic E-state index is 6.00. The summed E-state index contributed by atoms with van der Waals surface area (Å²) in [7, 11) is 0. The third kappa shape index (κ3) is 5.25. The van der Waals surface area contributed by atoms with E-state index in [0.717, 1.165) is 5.92 Å². The van der Waals surface area contributed by atoms with Crippen LogP contribution in [0.1, 0.15) is 47.0 Å². The molecular weight excluding hydrogens is 134 g/mol. The van der Waals surface area contributed by atoms with E-state index in [1.54, 1.807) is 0 Å². The van der Waals surface area contributed by atoms with Gasteiger partial charge in [-0.05, 0) is 24.7 Å². The van der Waals surface area contributed by atoms with Gasteiger partial charge in [0.2, 0.25) is 0 Å². The summed E-state index contributed by atoms with van der Waals surface area (Å²) in [6.45, 7) is 8.95. The maximum Gasteiger partial charge on any atom is 0.00669 e. The fourth-order valence-corrected chi connectivity index (χ4v) is 1.45. The summed E-state index contributed by atoms with van der Waals surface area (Å²) in [6, 6.07) is 0.412. The van der Waals surface area contributed by atoms with Crippen LogP contribution in [0.15, 0.2) is 0 Å². The molecule has 0 aromatic heterocycles. The van der Waals surface area contributed by atoms with Gasteiger partial charge in [0.25, 0.3) is 0 Å². The molecule has 2 unspecified atom stereocenters. The van der Waals surface area contributed by atoms with Crippen molar-refractivity contribution in [2.75, 3.05) is 0 Å². The molecule has 2 atom stereocenters. The van der Waals surface area contributed by atoms with Gasteiger partial charge in [0.05, 0.1) is 0 Å². The minimum absolute atomic E-state index is 0.412. The molecule has 0 saturated heterocycles. The van der Waals surface area contributed by atoms with Crippen LogP contribution in [0, 0.1) is 11.8 Å². The third-order valence-electron chi connectivity index (χ3n) is 2.22. The summed E-state index contributed by atoms with van der Waals surface area (Å²) < 4.78 is 0. The van der Waals surface area contributed by atoms with Crippen molar-refractivity contribution in [2.24, 2.45) is 17.6 Å². The van der Waals surface area contributed by atoms with Crippen LogP contribution in [0.4, 0.5) is 0 Å². The van der Waals surface area contributed by atoms with Gasteiger partial charge in [0.1, 0.15) is 0 Å². The van der Waals surface area contributed by atoms with Gasteiger partial charge in [-0.2, -0.15) is 0 Å². The predicted octanol–water partition coefficient (Wildman–Crippen LogP) is 2.80. The van der Waals surface area contributed by atoms with Gasteiger partial charge >= 0.3 is 0 Å². The molecule has 0 bridgehead atoms. The monoisotopic (exact) mass is 157 g/mol. The highest BCUT2D eigenvalue weighted by atomic mass is 14.6. The Morgan fingerprint density at radius 1 is 1.18 bits per heavy atom. The van der Waals surface area contributed by atoms with Crippen LogP contribution in [0.5, 0.6) is 0 Å². The van der Waals surface area contributed by atoms with E-state index in [2.05, 4.69) is 27.7 Å². The van der Waals surface area contributed by atoms with Crippen LogP contribution < -0.4 is 5.73 Å². The van der Waals surface area contributed by atoms with Crippen molar-refractivity contribution in [1.82, 2.24) is 0 Å². The summed E-state index contributed by atoms with van der Waals surface area (Å²) >= 11 is 0. The smallest absolute Gasteiger partial charge is 0.00669 e. The fraction of sp³-hybridized carbons (Fsp3) is 1.00. The van der Waals surface area contributed by atoms with Crippen LogP contribution in [0.25, 0.3) is 0 Å². The van der Waals surface area contributed by atoms with Crippen LogP contribution >= 0.6 is 0 Å². The molecule has 0 fully saturated rings. The molecular formula is C10H23N. The summed E-state index contributed by atoms with van der Waals surface area (Å²) in [5.41, 5.74) is 6.00. The van der Waals surface area contributed by atoms with Gasteiger partial charge in [0.15, 0.2) is 0 Å². The number of nitrogens with two attached hydrogens (primary N) is 1. The molecule has 0 aliphatic heterocycles. The number of rotatable bonds is 5. The lowest BCUT2D eigenvalue weighted by Gasteiger charge is -2.20. The molecule has 0 aromatic rings. The average molecular weight is 157 g/mol. The van der Waals surface area contributed by atoms with Crippen molar-refractivity contribution in [3.05, 3.63) is 0 Å². The lowest BCUT2D eigenvalue weighted by atomic mass is 9.91. The van der Waals surface area contributed by atoms with Crippen LogP contribution in [-0.4, -0.2) is 6.04 Å². The number of hydrogen-bond acceptors (Lipinski definition) is 1. The zero-order valence-electron chi connectivity index (χ0n) is 8.43. The molecule has 0 heterocycles. The predicted molar refractivity (Wildman–Crippen MR) is 51.5 cm³/mol. The first kappa shape index (κ1) is 11.0. The van der Waals surface area contributed by atoms with E-state index in [4.69, 9.17) is 5.73 Å². The van der Waals surface area contributed by atoms with E-state index in [9.17, 15) is 0 Å². The Labute approximate surface area is 71.4 Å². The van der Waals surface area contributed by atoms with Crippen LogP contribution in [-0.2, 0) is 0 Å². The summed E-state index contributed by atoms with van der Waals surface area (Å²) in [6.07, 6.45) is 3.70. The Bertz CT molecular complexity index is 88.9. The van der Waals surface area contributed by atoms with E-state index in [1.807, 2.05) is 0 Å². The lowest BCUT2D eigenvalue weighted by Crippen LogP contribution is -2.29. The first-order chi connectivity index (χ1) is 5.07. The quantitative estimate of drug-likeness (QED) is 0.652. The number of hydrogen-bond donors (Lipinski definition) is 1. The Hall–Kier alpha value is -0.0400. The topological polar surface area (TPSA) is 26.0 Å². The van der Waals surface area contributed by atoms with Crippen molar-refractivity contribution >= 4 is 0 Å². The van der Waals surface area contributed by atoms with Gasteiger partial charge < -0.3 is 5.73 Å². The molecule has 2 N–H and O–H groups in total. The molecule has 0 saturated carbocycles. The highest BCUT2D eigenvalue weighted by Gasteiger charge is 2.12. The van der Waals surface area contributed by atoms with Gasteiger partial charge in [-0.15, -0.1) is 0 Å². The second-order valence-electron chi connectivity index (χ2n) is 4.06. The molecule has 11 heavy (non-hydrogen) atoms. The minimum Gasteiger partial charge on any atom is -0.327 e. The molecule has 1 nitrogen and oxygen atoms in total. The summed E-state index contributed by atoms with van der Waals surface area (Å²) in [5, 5.41) is 0. The highest BCUT2D eigenvalue weighted by Crippen LogP contribution is 2.15. The Balaban J connectivity index is 3.54. The van der Waals surface area contributed by atoms with Crippen molar-refractivity contribution in [3.63, 3.8) is 0 Å². The normalized spacial score (nSPS) is 16.9. The Morgan fingerprint density at radius 3 is 2.09 bits per heavy atom. The van der Waals surface area contributed by atoms with Crippen molar-refractivity contribution in [3.8, 4) is 0 Å². The maximum atomic E-state index is 6.00. The summed E-state index contributed by atoms with van der Waals surface area (Å²) in [5.74, 6) is 1.44. The highest BCUT2D eigenvalue weighted by molar-refractivity contribution is 4.69. The molecule has 68 valence electrons. The molecule has 0 spiro atoms. The second-order valence-corrected chi connectivity index (χ2v) is 4.06. The van der Waals surface area contributed by atoms with Crippen molar-refractivity contribution < 1.29 is 0 Å². The van der Waals surface area contributed by atoms with Crippen LogP contribution in [0.3, 0.4) is 0 Å². The minimum atomic E-state index is 0.412. The third-order valence-corrected chi connectivity index (χ3v) is 2.22. The standard InChI is InChI=1S/C10H23N/c1-5-6-9(4)10(11)7-8(2)3/h8-10H,5-7,11H2,1-4H3. The van der Waals surface area contributed by atoms with E-state index >= 15 is 0 Å². The zero-order chi connectivity index (χ0) is 8.85. The van der Waals surface area contributed by atoms with E-state index in [0.29, 0.717) is 12.0 Å².